The third kappa shape index (κ3) is 3.74. The molecule has 1 N–H and O–H groups in total. The molecule has 3 aromatic rings. The summed E-state index contributed by atoms with van der Waals surface area (Å²) in [5, 5.41) is 4.82. The van der Waals surface area contributed by atoms with Crippen LogP contribution < -0.4 is 5.32 Å². The highest BCUT2D eigenvalue weighted by molar-refractivity contribution is 7.99. The molecule has 1 aromatic carbocycles. The fraction of sp³-hybridized carbons (Fsp3) is 0.222. The number of anilines is 1. The van der Waals surface area contributed by atoms with Gasteiger partial charge in [0.2, 0.25) is 5.91 Å². The number of rotatable bonds is 5. The van der Waals surface area contributed by atoms with Gasteiger partial charge in [-0.15, -0.1) is 11.8 Å². The van der Waals surface area contributed by atoms with Gasteiger partial charge in [0.15, 0.2) is 0 Å². The Labute approximate surface area is 139 Å². The summed E-state index contributed by atoms with van der Waals surface area (Å²) in [5.74, 6) is 0.900. The number of benzene rings is 1. The van der Waals surface area contributed by atoms with Gasteiger partial charge >= 0.3 is 0 Å². The molecule has 0 aliphatic rings. The van der Waals surface area contributed by atoms with Crippen molar-refractivity contribution in [2.45, 2.75) is 25.3 Å². The minimum Gasteiger partial charge on any atom is -0.464 e. The highest BCUT2D eigenvalue weighted by Gasteiger charge is 2.11. The molecular formula is C18H18N2O2S. The van der Waals surface area contributed by atoms with Crippen molar-refractivity contribution in [3.8, 4) is 0 Å². The second kappa shape index (κ2) is 6.87. The summed E-state index contributed by atoms with van der Waals surface area (Å²) < 4.78 is 5.53. The first-order valence-electron chi connectivity index (χ1n) is 7.51. The number of thioether (sulfide) groups is 1. The number of aryl methyl sites for hydroxylation is 1. The van der Waals surface area contributed by atoms with Crippen LogP contribution in [0.2, 0.25) is 0 Å². The molecule has 0 saturated carbocycles. The number of carbonyl (C=O) groups excluding carboxylic acids is 1. The van der Waals surface area contributed by atoms with Crippen LogP contribution in [0.15, 0.2) is 52.2 Å². The summed E-state index contributed by atoms with van der Waals surface area (Å²) in [6.45, 7) is 4.10. The molecule has 0 radical (unpaired) electrons. The predicted molar refractivity (Wildman–Crippen MR) is 93.9 cm³/mol. The molecule has 0 spiro atoms. The van der Waals surface area contributed by atoms with E-state index < -0.39 is 0 Å². The molecule has 0 aliphatic carbocycles. The number of nitrogens with one attached hydrogen (secondary N) is 1. The third-order valence-electron chi connectivity index (χ3n) is 3.47. The summed E-state index contributed by atoms with van der Waals surface area (Å²) in [4.78, 5) is 16.5. The average molecular weight is 326 g/mol. The van der Waals surface area contributed by atoms with Crippen molar-refractivity contribution in [2.75, 3.05) is 11.1 Å². The van der Waals surface area contributed by atoms with Crippen LogP contribution in [0.4, 0.5) is 5.69 Å². The van der Waals surface area contributed by atoms with Crippen LogP contribution in [0.1, 0.15) is 18.1 Å². The Kier molecular flexibility index (Phi) is 4.67. The Morgan fingerprint density at radius 1 is 1.30 bits per heavy atom. The second-order valence-electron chi connectivity index (χ2n) is 5.30. The lowest BCUT2D eigenvalue weighted by Gasteiger charge is -2.05. The van der Waals surface area contributed by atoms with Crippen molar-refractivity contribution >= 4 is 34.3 Å². The van der Waals surface area contributed by atoms with E-state index in [-0.39, 0.29) is 12.3 Å². The highest BCUT2D eigenvalue weighted by atomic mass is 32.2. The second-order valence-corrected chi connectivity index (χ2v) is 6.59. The van der Waals surface area contributed by atoms with Crippen molar-refractivity contribution in [2.24, 2.45) is 0 Å². The maximum atomic E-state index is 12.2. The normalized spacial score (nSPS) is 10.9. The van der Waals surface area contributed by atoms with E-state index in [1.807, 2.05) is 37.3 Å². The minimum absolute atomic E-state index is 0.0778. The standard InChI is InChI=1S/C18H18N2O2S/c1-3-23-18-7-5-14(10-19-18)20-17(21)9-13-11-22-16-8-12(2)4-6-15(13)16/h4-8,10-11H,3,9H2,1-2H3,(H,20,21). The predicted octanol–water partition coefficient (Wildman–Crippen LogP) is 4.43. The highest BCUT2D eigenvalue weighted by Crippen LogP contribution is 2.23. The zero-order valence-corrected chi connectivity index (χ0v) is 13.9. The Morgan fingerprint density at radius 2 is 2.17 bits per heavy atom. The smallest absolute Gasteiger partial charge is 0.228 e. The van der Waals surface area contributed by atoms with E-state index in [2.05, 4.69) is 17.2 Å². The van der Waals surface area contributed by atoms with E-state index in [4.69, 9.17) is 4.42 Å². The zero-order chi connectivity index (χ0) is 16.2. The molecule has 5 heteroatoms. The Hall–Kier alpha value is -2.27. The largest absolute Gasteiger partial charge is 0.464 e. The Morgan fingerprint density at radius 3 is 2.91 bits per heavy atom. The van der Waals surface area contributed by atoms with Gasteiger partial charge in [0.25, 0.3) is 0 Å². The molecule has 2 aromatic heterocycles. The van der Waals surface area contributed by atoms with Gasteiger partial charge in [0, 0.05) is 10.9 Å². The van der Waals surface area contributed by atoms with Crippen LogP contribution in [0.5, 0.6) is 0 Å². The van der Waals surface area contributed by atoms with E-state index in [9.17, 15) is 4.79 Å². The van der Waals surface area contributed by atoms with Gasteiger partial charge in [-0.05, 0) is 36.4 Å². The number of fused-ring (bicyclic) bond motifs is 1. The molecule has 0 saturated heterocycles. The van der Waals surface area contributed by atoms with Gasteiger partial charge in [-0.25, -0.2) is 4.98 Å². The molecule has 3 rings (SSSR count). The minimum atomic E-state index is -0.0778. The Bertz CT molecular complexity index is 825. The van der Waals surface area contributed by atoms with Gasteiger partial charge in [0.1, 0.15) is 5.58 Å². The van der Waals surface area contributed by atoms with Crippen molar-refractivity contribution in [3.63, 3.8) is 0 Å². The maximum absolute atomic E-state index is 12.2. The number of nitrogens with zero attached hydrogens (tertiary/aromatic N) is 1. The summed E-state index contributed by atoms with van der Waals surface area (Å²) in [6.07, 6.45) is 3.62. The SMILES string of the molecule is CCSc1ccc(NC(=O)Cc2coc3cc(C)ccc23)cn1. The molecule has 0 bridgehead atoms. The van der Waals surface area contributed by atoms with Crippen LogP contribution in [-0.2, 0) is 11.2 Å². The zero-order valence-electron chi connectivity index (χ0n) is 13.1. The number of hydrogen-bond donors (Lipinski definition) is 1. The van der Waals surface area contributed by atoms with Gasteiger partial charge in [-0.1, -0.05) is 19.1 Å². The number of carbonyl (C=O) groups is 1. The van der Waals surface area contributed by atoms with E-state index in [1.165, 1.54) is 0 Å². The van der Waals surface area contributed by atoms with Gasteiger partial charge in [-0.2, -0.15) is 0 Å². The summed E-state index contributed by atoms with van der Waals surface area (Å²) in [7, 11) is 0. The number of pyridine rings is 1. The monoisotopic (exact) mass is 326 g/mol. The van der Waals surface area contributed by atoms with Gasteiger partial charge < -0.3 is 9.73 Å². The summed E-state index contributed by atoms with van der Waals surface area (Å²) in [5.41, 5.74) is 3.55. The van der Waals surface area contributed by atoms with Crippen LogP contribution in [-0.4, -0.2) is 16.6 Å². The van der Waals surface area contributed by atoms with Crippen LogP contribution in [0, 0.1) is 6.92 Å². The fourth-order valence-corrected chi connectivity index (χ4v) is 2.98. The molecule has 118 valence electrons. The molecule has 0 fully saturated rings. The van der Waals surface area contributed by atoms with E-state index in [0.29, 0.717) is 5.69 Å². The molecule has 23 heavy (non-hydrogen) atoms. The fourth-order valence-electron chi connectivity index (χ4n) is 2.39. The van der Waals surface area contributed by atoms with E-state index >= 15 is 0 Å². The molecule has 0 unspecified atom stereocenters. The number of hydrogen-bond acceptors (Lipinski definition) is 4. The summed E-state index contributed by atoms with van der Waals surface area (Å²) in [6, 6.07) is 9.78. The Balaban J connectivity index is 1.68. The first kappa shape index (κ1) is 15.6. The molecule has 0 atom stereocenters. The first-order valence-corrected chi connectivity index (χ1v) is 8.49. The molecule has 0 aliphatic heterocycles. The molecule has 4 nitrogen and oxygen atoms in total. The number of aromatic nitrogens is 1. The lowest BCUT2D eigenvalue weighted by molar-refractivity contribution is -0.115. The van der Waals surface area contributed by atoms with Crippen molar-refractivity contribution in [3.05, 3.63) is 53.9 Å². The quantitative estimate of drug-likeness (QED) is 0.705. The molecule has 2 heterocycles. The summed E-state index contributed by atoms with van der Waals surface area (Å²) >= 11 is 1.67. The van der Waals surface area contributed by atoms with Gasteiger partial charge in [-0.3, -0.25) is 4.79 Å². The van der Waals surface area contributed by atoms with E-state index in [1.54, 1.807) is 24.2 Å². The molecular weight excluding hydrogens is 308 g/mol. The van der Waals surface area contributed by atoms with Crippen molar-refractivity contribution in [1.82, 2.24) is 4.98 Å². The first-order chi connectivity index (χ1) is 11.2. The maximum Gasteiger partial charge on any atom is 0.228 e. The van der Waals surface area contributed by atoms with Gasteiger partial charge in [0.05, 0.1) is 29.6 Å². The van der Waals surface area contributed by atoms with Crippen molar-refractivity contribution in [1.29, 1.82) is 0 Å². The lowest BCUT2D eigenvalue weighted by atomic mass is 10.1. The lowest BCUT2D eigenvalue weighted by Crippen LogP contribution is -2.14. The topological polar surface area (TPSA) is 55.1 Å². The number of furan rings is 1. The van der Waals surface area contributed by atoms with Crippen LogP contribution in [0.25, 0.3) is 11.0 Å². The van der Waals surface area contributed by atoms with Crippen LogP contribution >= 0.6 is 11.8 Å². The third-order valence-corrected chi connectivity index (χ3v) is 4.30. The van der Waals surface area contributed by atoms with E-state index in [0.717, 1.165) is 32.9 Å². The van der Waals surface area contributed by atoms with Crippen molar-refractivity contribution < 1.29 is 9.21 Å². The van der Waals surface area contributed by atoms with Crippen LogP contribution in [0.3, 0.4) is 0 Å². The molecule has 1 amide bonds. The number of amides is 1. The average Bonchev–Trinajstić information content (AvgIpc) is 2.91.